The minimum atomic E-state index is -3.34. The molecule has 1 saturated carbocycles. The van der Waals surface area contributed by atoms with Crippen molar-refractivity contribution < 1.29 is 22.7 Å². The second-order valence-electron chi connectivity index (χ2n) is 5.96. The standard InChI is InChI=1S/C15H20N2O5S/c1-23(19,20)10-14(18)17-8-9-21-15-11(17)5-6-12(15)22-13-4-2-3-7-16-13/h2-4,7,11-12,15H,5-6,8-10H2,1H3/t11-,12+,15+/m0/s1. The molecule has 1 aromatic rings. The van der Waals surface area contributed by atoms with Gasteiger partial charge in [0.25, 0.3) is 0 Å². The Bertz CT molecular complexity index is 664. The van der Waals surface area contributed by atoms with Gasteiger partial charge in [-0.3, -0.25) is 4.79 Å². The van der Waals surface area contributed by atoms with Gasteiger partial charge in [0.15, 0.2) is 9.84 Å². The van der Waals surface area contributed by atoms with Gasteiger partial charge in [-0.25, -0.2) is 13.4 Å². The van der Waals surface area contributed by atoms with Gasteiger partial charge in [0, 0.05) is 25.1 Å². The average Bonchev–Trinajstić information content (AvgIpc) is 2.90. The van der Waals surface area contributed by atoms with E-state index in [-0.39, 0.29) is 24.2 Å². The third kappa shape index (κ3) is 3.81. The number of pyridine rings is 1. The Kier molecular flexibility index (Phi) is 4.54. The molecule has 2 heterocycles. The Morgan fingerprint density at radius 1 is 1.43 bits per heavy atom. The van der Waals surface area contributed by atoms with Crippen molar-refractivity contribution in [2.24, 2.45) is 0 Å². The first-order valence-electron chi connectivity index (χ1n) is 7.60. The highest BCUT2D eigenvalue weighted by Gasteiger charge is 2.46. The quantitative estimate of drug-likeness (QED) is 0.782. The van der Waals surface area contributed by atoms with Gasteiger partial charge in [-0.2, -0.15) is 0 Å². The minimum absolute atomic E-state index is 0.133. The molecule has 23 heavy (non-hydrogen) atoms. The Hall–Kier alpha value is -1.67. The first-order valence-corrected chi connectivity index (χ1v) is 9.66. The van der Waals surface area contributed by atoms with Crippen LogP contribution in [-0.4, -0.2) is 67.6 Å². The molecule has 8 heteroatoms. The molecule has 126 valence electrons. The molecule has 0 radical (unpaired) electrons. The third-order valence-corrected chi connectivity index (χ3v) is 4.92. The number of carbonyl (C=O) groups excluding carboxylic acids is 1. The lowest BCUT2D eigenvalue weighted by Crippen LogP contribution is -2.55. The zero-order chi connectivity index (χ0) is 16.4. The van der Waals surface area contributed by atoms with Gasteiger partial charge in [-0.05, 0) is 18.9 Å². The Labute approximate surface area is 135 Å². The lowest BCUT2D eigenvalue weighted by molar-refractivity contribution is -0.145. The fourth-order valence-electron chi connectivity index (χ4n) is 3.23. The molecule has 1 aliphatic heterocycles. The summed E-state index contributed by atoms with van der Waals surface area (Å²) in [6.45, 7) is 0.810. The SMILES string of the molecule is CS(=O)(=O)CC(=O)N1CCO[C@H]2[C@H](Oc3ccccn3)CC[C@@H]21. The smallest absolute Gasteiger partial charge is 0.238 e. The zero-order valence-electron chi connectivity index (χ0n) is 12.9. The third-order valence-electron chi connectivity index (χ3n) is 4.15. The molecular weight excluding hydrogens is 320 g/mol. The number of carbonyl (C=O) groups is 1. The normalized spacial score (nSPS) is 27.5. The molecule has 7 nitrogen and oxygen atoms in total. The van der Waals surface area contributed by atoms with Gasteiger partial charge in [-0.1, -0.05) is 6.07 Å². The van der Waals surface area contributed by atoms with Gasteiger partial charge >= 0.3 is 0 Å². The summed E-state index contributed by atoms with van der Waals surface area (Å²) in [5.41, 5.74) is 0. The van der Waals surface area contributed by atoms with Crippen molar-refractivity contribution in [3.05, 3.63) is 24.4 Å². The van der Waals surface area contributed by atoms with Gasteiger partial charge in [0.05, 0.1) is 12.6 Å². The Morgan fingerprint density at radius 3 is 2.96 bits per heavy atom. The van der Waals surface area contributed by atoms with Crippen molar-refractivity contribution in [2.75, 3.05) is 25.2 Å². The molecule has 1 amide bonds. The number of rotatable bonds is 4. The highest BCUT2D eigenvalue weighted by atomic mass is 32.2. The summed E-state index contributed by atoms with van der Waals surface area (Å²) in [5, 5.41) is 0. The van der Waals surface area contributed by atoms with E-state index in [0.717, 1.165) is 19.1 Å². The molecule has 0 aromatic carbocycles. The van der Waals surface area contributed by atoms with Crippen molar-refractivity contribution in [3.63, 3.8) is 0 Å². The van der Waals surface area contributed by atoms with E-state index >= 15 is 0 Å². The fourth-order valence-corrected chi connectivity index (χ4v) is 3.85. The number of morpholine rings is 1. The summed E-state index contributed by atoms with van der Waals surface area (Å²) in [7, 11) is -3.34. The molecule has 0 unspecified atom stereocenters. The molecule has 3 rings (SSSR count). The van der Waals surface area contributed by atoms with Crippen LogP contribution in [0.4, 0.5) is 0 Å². The van der Waals surface area contributed by atoms with Crippen LogP contribution in [0.15, 0.2) is 24.4 Å². The van der Waals surface area contributed by atoms with Crippen LogP contribution in [0.1, 0.15) is 12.8 Å². The number of nitrogens with zero attached hydrogens (tertiary/aromatic N) is 2. The molecule has 0 N–H and O–H groups in total. The van der Waals surface area contributed by atoms with E-state index < -0.39 is 15.6 Å². The fraction of sp³-hybridized carbons (Fsp3) is 0.600. The number of sulfone groups is 1. The second kappa shape index (κ2) is 6.45. The van der Waals surface area contributed by atoms with Crippen molar-refractivity contribution in [2.45, 2.75) is 31.1 Å². The number of amides is 1. The summed E-state index contributed by atoms with van der Waals surface area (Å²) in [4.78, 5) is 18.0. The van der Waals surface area contributed by atoms with Crippen LogP contribution in [0.5, 0.6) is 5.88 Å². The summed E-state index contributed by atoms with van der Waals surface area (Å²) < 4.78 is 34.4. The first kappa shape index (κ1) is 16.2. The average molecular weight is 340 g/mol. The molecule has 3 atom stereocenters. The number of hydrogen-bond donors (Lipinski definition) is 0. The van der Waals surface area contributed by atoms with Crippen LogP contribution in [0.3, 0.4) is 0 Å². The van der Waals surface area contributed by atoms with Crippen molar-refractivity contribution in [1.29, 1.82) is 0 Å². The maximum Gasteiger partial charge on any atom is 0.238 e. The van der Waals surface area contributed by atoms with Crippen molar-refractivity contribution >= 4 is 15.7 Å². The van der Waals surface area contributed by atoms with Crippen molar-refractivity contribution in [1.82, 2.24) is 9.88 Å². The van der Waals surface area contributed by atoms with Crippen LogP contribution in [0, 0.1) is 0 Å². The van der Waals surface area contributed by atoms with Gasteiger partial charge < -0.3 is 14.4 Å². The molecule has 2 fully saturated rings. The molecule has 1 saturated heterocycles. The monoisotopic (exact) mass is 340 g/mol. The Balaban J connectivity index is 1.69. The van der Waals surface area contributed by atoms with E-state index in [9.17, 15) is 13.2 Å². The van der Waals surface area contributed by atoms with Crippen LogP contribution in [0.2, 0.25) is 0 Å². The van der Waals surface area contributed by atoms with E-state index in [4.69, 9.17) is 9.47 Å². The van der Waals surface area contributed by atoms with Crippen molar-refractivity contribution in [3.8, 4) is 5.88 Å². The van der Waals surface area contributed by atoms with Gasteiger partial charge in [-0.15, -0.1) is 0 Å². The predicted molar refractivity (Wildman–Crippen MR) is 82.8 cm³/mol. The number of aromatic nitrogens is 1. The number of hydrogen-bond acceptors (Lipinski definition) is 6. The van der Waals surface area contributed by atoms with Gasteiger partial charge in [0.1, 0.15) is 18.0 Å². The van der Waals surface area contributed by atoms with Crippen LogP contribution in [0.25, 0.3) is 0 Å². The molecule has 2 aliphatic rings. The molecule has 1 aliphatic carbocycles. The van der Waals surface area contributed by atoms with Crippen LogP contribution in [-0.2, 0) is 19.4 Å². The van der Waals surface area contributed by atoms with E-state index in [0.29, 0.717) is 19.0 Å². The summed E-state index contributed by atoms with van der Waals surface area (Å²) >= 11 is 0. The van der Waals surface area contributed by atoms with E-state index in [1.54, 1.807) is 17.2 Å². The van der Waals surface area contributed by atoms with E-state index in [2.05, 4.69) is 4.98 Å². The molecule has 0 bridgehead atoms. The van der Waals surface area contributed by atoms with Gasteiger partial charge in [0.2, 0.25) is 11.8 Å². The Morgan fingerprint density at radius 2 is 2.26 bits per heavy atom. The highest BCUT2D eigenvalue weighted by Crippen LogP contribution is 2.32. The minimum Gasteiger partial charge on any atom is -0.471 e. The maximum atomic E-state index is 12.3. The molecule has 1 aromatic heterocycles. The topological polar surface area (TPSA) is 85.8 Å². The summed E-state index contributed by atoms with van der Waals surface area (Å²) in [5.74, 6) is -0.284. The summed E-state index contributed by atoms with van der Waals surface area (Å²) in [6.07, 6.45) is 3.79. The zero-order valence-corrected chi connectivity index (χ0v) is 13.7. The largest absolute Gasteiger partial charge is 0.471 e. The number of ether oxygens (including phenoxy) is 2. The molecule has 0 spiro atoms. The lowest BCUT2D eigenvalue weighted by Gasteiger charge is -2.38. The van der Waals surface area contributed by atoms with Crippen LogP contribution >= 0.6 is 0 Å². The van der Waals surface area contributed by atoms with Crippen LogP contribution < -0.4 is 4.74 Å². The second-order valence-corrected chi connectivity index (χ2v) is 8.10. The molecular formula is C15H20N2O5S. The first-order chi connectivity index (χ1) is 10.9. The predicted octanol–water partition coefficient (Wildman–Crippen LogP) is 0.263. The maximum absolute atomic E-state index is 12.3. The number of fused-ring (bicyclic) bond motifs is 1. The lowest BCUT2D eigenvalue weighted by atomic mass is 10.1. The summed E-state index contributed by atoms with van der Waals surface area (Å²) in [6, 6.07) is 5.31. The van der Waals surface area contributed by atoms with E-state index in [1.807, 2.05) is 12.1 Å². The highest BCUT2D eigenvalue weighted by molar-refractivity contribution is 7.91. The van der Waals surface area contributed by atoms with E-state index in [1.165, 1.54) is 0 Å².